The molecule has 0 spiro atoms. The molecule has 0 bridgehead atoms. The van der Waals surface area contributed by atoms with Gasteiger partial charge in [-0.3, -0.25) is 14.5 Å². The average Bonchev–Trinajstić information content (AvgIpc) is 3.51. The number of esters is 1. The summed E-state index contributed by atoms with van der Waals surface area (Å²) in [5.74, 6) is -1.32. The number of ether oxygens (including phenoxy) is 3. The standard InChI is InChI=1S/C32H36N2O7S/c1-5-7-9-19-41-23-14-10-21(11-15-23)26-25(27(35)22-12-16-24(17-13-22)40-18-8-6-2)28(36)30(37)34(26)32-33-20(3)29(42-32)31(38)39-4/h10-17,26,35H,5-9,18-19H2,1-4H3/b27-25+. The molecule has 3 aromatic rings. The van der Waals surface area contributed by atoms with Crippen molar-refractivity contribution in [2.75, 3.05) is 25.2 Å². The minimum absolute atomic E-state index is 0.0799. The number of anilines is 1. The third-order valence-electron chi connectivity index (χ3n) is 6.91. The number of benzene rings is 2. The van der Waals surface area contributed by atoms with E-state index in [1.54, 1.807) is 55.5 Å². The molecule has 1 atom stereocenters. The summed E-state index contributed by atoms with van der Waals surface area (Å²) in [7, 11) is 1.26. The van der Waals surface area contributed by atoms with Crippen LogP contribution >= 0.6 is 11.3 Å². The number of unbranched alkanes of at least 4 members (excludes halogenated alkanes) is 3. The maximum atomic E-state index is 13.5. The zero-order valence-electron chi connectivity index (χ0n) is 24.3. The Hall–Kier alpha value is -4.18. The number of hydrogen-bond donors (Lipinski definition) is 1. The van der Waals surface area contributed by atoms with Crippen LogP contribution in [0.4, 0.5) is 5.13 Å². The Balaban J connectivity index is 1.76. The number of amides is 1. The number of aromatic nitrogens is 1. The van der Waals surface area contributed by atoms with E-state index in [9.17, 15) is 19.5 Å². The van der Waals surface area contributed by atoms with E-state index in [-0.39, 0.29) is 21.3 Å². The third-order valence-corrected chi connectivity index (χ3v) is 8.05. The maximum absolute atomic E-state index is 13.5. The van der Waals surface area contributed by atoms with Crippen molar-refractivity contribution in [1.29, 1.82) is 0 Å². The lowest BCUT2D eigenvalue weighted by atomic mass is 9.95. The molecule has 10 heteroatoms. The number of Topliss-reactive ketones (excluding diaryl/α,β-unsaturated/α-hetero) is 1. The highest BCUT2D eigenvalue weighted by Gasteiger charge is 2.48. The van der Waals surface area contributed by atoms with Crippen LogP contribution < -0.4 is 14.4 Å². The van der Waals surface area contributed by atoms with Crippen LogP contribution in [0.5, 0.6) is 11.5 Å². The highest BCUT2D eigenvalue weighted by Crippen LogP contribution is 2.44. The van der Waals surface area contributed by atoms with Gasteiger partial charge in [0.2, 0.25) is 0 Å². The van der Waals surface area contributed by atoms with Crippen molar-refractivity contribution in [1.82, 2.24) is 4.98 Å². The van der Waals surface area contributed by atoms with E-state index in [4.69, 9.17) is 14.2 Å². The van der Waals surface area contributed by atoms with Crippen molar-refractivity contribution in [2.24, 2.45) is 0 Å². The molecule has 1 aliphatic heterocycles. The van der Waals surface area contributed by atoms with Gasteiger partial charge in [-0.15, -0.1) is 0 Å². The summed E-state index contributed by atoms with van der Waals surface area (Å²) >= 11 is 0.955. The van der Waals surface area contributed by atoms with Crippen LogP contribution in [-0.2, 0) is 14.3 Å². The molecule has 1 fully saturated rings. The number of carbonyl (C=O) groups is 3. The van der Waals surface area contributed by atoms with Crippen molar-refractivity contribution < 1.29 is 33.7 Å². The van der Waals surface area contributed by atoms with E-state index in [0.717, 1.165) is 43.4 Å². The molecule has 1 unspecified atom stereocenters. The van der Waals surface area contributed by atoms with Gasteiger partial charge in [-0.2, -0.15) is 0 Å². The summed E-state index contributed by atoms with van der Waals surface area (Å²) in [4.78, 5) is 45.2. The second-order valence-corrected chi connectivity index (χ2v) is 10.9. The van der Waals surface area contributed by atoms with E-state index in [1.165, 1.54) is 12.0 Å². The number of methoxy groups -OCH3 is 1. The van der Waals surface area contributed by atoms with Crippen LogP contribution in [0.3, 0.4) is 0 Å². The van der Waals surface area contributed by atoms with Crippen LogP contribution in [0.15, 0.2) is 54.1 Å². The summed E-state index contributed by atoms with van der Waals surface area (Å²) in [6.45, 7) is 6.99. The molecule has 4 rings (SSSR count). The van der Waals surface area contributed by atoms with Crippen LogP contribution in [0, 0.1) is 6.92 Å². The Morgan fingerprint density at radius 2 is 1.52 bits per heavy atom. The minimum Gasteiger partial charge on any atom is -0.507 e. The molecule has 1 N–H and O–H groups in total. The molecule has 1 aromatic heterocycles. The fraction of sp³-hybridized carbons (Fsp3) is 0.375. The Kier molecular flexibility index (Phi) is 10.4. The number of carbonyl (C=O) groups excluding carboxylic acids is 3. The van der Waals surface area contributed by atoms with Gasteiger partial charge in [0.15, 0.2) is 5.13 Å². The Bertz CT molecular complexity index is 1440. The Labute approximate surface area is 249 Å². The van der Waals surface area contributed by atoms with Gasteiger partial charge in [0, 0.05) is 5.56 Å². The van der Waals surface area contributed by atoms with E-state index < -0.39 is 23.7 Å². The fourth-order valence-corrected chi connectivity index (χ4v) is 5.61. The topological polar surface area (TPSA) is 115 Å². The van der Waals surface area contributed by atoms with Gasteiger partial charge < -0.3 is 19.3 Å². The van der Waals surface area contributed by atoms with Gasteiger partial charge in [0.25, 0.3) is 5.78 Å². The van der Waals surface area contributed by atoms with Gasteiger partial charge in [0.1, 0.15) is 22.1 Å². The largest absolute Gasteiger partial charge is 0.507 e. The van der Waals surface area contributed by atoms with Gasteiger partial charge in [0.05, 0.1) is 37.6 Å². The lowest BCUT2D eigenvalue weighted by Crippen LogP contribution is -2.29. The SMILES string of the molecule is CCCCCOc1ccc(C2/C(=C(\O)c3ccc(OCCCC)cc3)C(=O)C(=O)N2c2nc(C)c(C(=O)OC)s2)cc1. The van der Waals surface area contributed by atoms with E-state index in [1.807, 2.05) is 0 Å². The fourth-order valence-electron chi connectivity index (χ4n) is 4.60. The maximum Gasteiger partial charge on any atom is 0.350 e. The molecule has 0 aliphatic carbocycles. The Morgan fingerprint density at radius 1 is 0.929 bits per heavy atom. The summed E-state index contributed by atoms with van der Waals surface area (Å²) in [5, 5.41) is 11.6. The lowest BCUT2D eigenvalue weighted by Gasteiger charge is -2.23. The zero-order valence-corrected chi connectivity index (χ0v) is 25.2. The van der Waals surface area contributed by atoms with Gasteiger partial charge in [-0.25, -0.2) is 9.78 Å². The highest BCUT2D eigenvalue weighted by molar-refractivity contribution is 7.17. The summed E-state index contributed by atoms with van der Waals surface area (Å²) in [5.41, 5.74) is 1.23. The molecular weight excluding hydrogens is 556 g/mol. The molecular formula is C32H36N2O7S. The van der Waals surface area contributed by atoms with Crippen molar-refractivity contribution in [2.45, 2.75) is 58.9 Å². The van der Waals surface area contributed by atoms with Crippen LogP contribution in [0.25, 0.3) is 5.76 Å². The summed E-state index contributed by atoms with van der Waals surface area (Å²) in [6.07, 6.45) is 5.02. The van der Waals surface area contributed by atoms with Gasteiger partial charge in [-0.05, 0) is 61.7 Å². The predicted octanol–water partition coefficient (Wildman–Crippen LogP) is 6.61. The lowest BCUT2D eigenvalue weighted by molar-refractivity contribution is -0.132. The number of nitrogens with zero attached hydrogens (tertiary/aromatic N) is 2. The predicted molar refractivity (Wildman–Crippen MR) is 161 cm³/mol. The second kappa shape index (κ2) is 14.1. The molecule has 1 saturated heterocycles. The molecule has 2 aromatic carbocycles. The summed E-state index contributed by atoms with van der Waals surface area (Å²) < 4.78 is 16.4. The Morgan fingerprint density at radius 3 is 2.12 bits per heavy atom. The van der Waals surface area contributed by atoms with Crippen molar-refractivity contribution in [3.05, 3.63) is 75.8 Å². The van der Waals surface area contributed by atoms with Crippen LogP contribution in [0.2, 0.25) is 0 Å². The van der Waals surface area contributed by atoms with E-state index in [2.05, 4.69) is 18.8 Å². The first-order valence-electron chi connectivity index (χ1n) is 14.1. The molecule has 0 saturated carbocycles. The van der Waals surface area contributed by atoms with Gasteiger partial charge in [-0.1, -0.05) is 56.6 Å². The first-order valence-corrected chi connectivity index (χ1v) is 14.9. The average molecular weight is 593 g/mol. The third kappa shape index (κ3) is 6.65. The van der Waals surface area contributed by atoms with E-state index >= 15 is 0 Å². The first kappa shape index (κ1) is 30.8. The van der Waals surface area contributed by atoms with Crippen LogP contribution in [0.1, 0.15) is 78.5 Å². The zero-order chi connectivity index (χ0) is 30.2. The molecule has 1 aliphatic rings. The van der Waals surface area contributed by atoms with Crippen molar-refractivity contribution in [3.63, 3.8) is 0 Å². The van der Waals surface area contributed by atoms with Gasteiger partial charge >= 0.3 is 11.9 Å². The summed E-state index contributed by atoms with van der Waals surface area (Å²) in [6, 6.07) is 12.8. The molecule has 2 heterocycles. The first-order chi connectivity index (χ1) is 20.3. The molecule has 9 nitrogen and oxygen atoms in total. The quantitative estimate of drug-likeness (QED) is 0.0775. The minimum atomic E-state index is -0.990. The normalized spacial score (nSPS) is 16.1. The second-order valence-electron chi connectivity index (χ2n) is 9.92. The van der Waals surface area contributed by atoms with Crippen molar-refractivity contribution >= 4 is 39.9 Å². The highest BCUT2D eigenvalue weighted by atomic mass is 32.1. The number of aryl methyl sites for hydroxylation is 1. The number of thiazole rings is 1. The van der Waals surface area contributed by atoms with Crippen LogP contribution in [-0.4, -0.2) is 48.1 Å². The number of hydrogen-bond acceptors (Lipinski definition) is 9. The van der Waals surface area contributed by atoms with E-state index in [0.29, 0.717) is 41.5 Å². The molecule has 1 amide bonds. The number of aliphatic hydroxyl groups excluding tert-OH is 1. The molecule has 222 valence electrons. The number of ketones is 1. The molecule has 0 radical (unpaired) electrons. The monoisotopic (exact) mass is 592 g/mol. The van der Waals surface area contributed by atoms with Crippen molar-refractivity contribution in [3.8, 4) is 11.5 Å². The smallest absolute Gasteiger partial charge is 0.350 e. The number of aliphatic hydroxyl groups is 1. The molecule has 42 heavy (non-hydrogen) atoms. The number of rotatable bonds is 13.